The maximum atomic E-state index is 13.1. The number of fused-ring (bicyclic) bond motifs is 1. The zero-order valence-electron chi connectivity index (χ0n) is 10.6. The second-order valence-electron chi connectivity index (χ2n) is 5.37. The Bertz CT molecular complexity index is 648. The molecule has 0 radical (unpaired) electrons. The number of aromatic amines is 1. The van der Waals surface area contributed by atoms with Crippen LogP contribution in [0.1, 0.15) is 23.7 Å². The molecule has 2 aromatic rings. The summed E-state index contributed by atoms with van der Waals surface area (Å²) in [5.74, 6) is -0.465. The van der Waals surface area contributed by atoms with Gasteiger partial charge in [0.15, 0.2) is 0 Å². The molecule has 4 nitrogen and oxygen atoms in total. The van der Waals surface area contributed by atoms with Crippen LogP contribution in [-0.2, 0) is 0 Å². The summed E-state index contributed by atoms with van der Waals surface area (Å²) < 4.78 is 13.1. The number of β-amino-alcohol motifs (C(OH)–C–C–N with tert-alkyl or cyclic N) is 1. The molecule has 0 bridgehead atoms. The Balaban J connectivity index is 1.94. The van der Waals surface area contributed by atoms with Gasteiger partial charge >= 0.3 is 0 Å². The van der Waals surface area contributed by atoms with Crippen LogP contribution in [0, 0.1) is 5.82 Å². The predicted octanol–water partition coefficient (Wildman–Crippen LogP) is 1.90. The second-order valence-corrected chi connectivity index (χ2v) is 5.37. The van der Waals surface area contributed by atoms with E-state index in [2.05, 4.69) is 4.98 Å². The zero-order chi connectivity index (χ0) is 13.6. The van der Waals surface area contributed by atoms with Crippen molar-refractivity contribution in [1.29, 1.82) is 0 Å². The Morgan fingerprint density at radius 1 is 1.53 bits per heavy atom. The summed E-state index contributed by atoms with van der Waals surface area (Å²) in [6.07, 6.45) is 2.18. The smallest absolute Gasteiger partial charge is 0.256 e. The number of nitrogens with zero attached hydrogens (tertiary/aromatic N) is 1. The maximum absolute atomic E-state index is 13.1. The molecule has 1 aromatic carbocycles. The van der Waals surface area contributed by atoms with E-state index in [1.54, 1.807) is 24.1 Å². The van der Waals surface area contributed by atoms with Crippen LogP contribution in [0.4, 0.5) is 4.39 Å². The lowest BCUT2D eigenvalue weighted by Crippen LogP contribution is -2.33. The van der Waals surface area contributed by atoms with Crippen LogP contribution in [0.3, 0.4) is 0 Å². The largest absolute Gasteiger partial charge is 0.388 e. The van der Waals surface area contributed by atoms with Crippen LogP contribution in [0.5, 0.6) is 0 Å². The predicted molar refractivity (Wildman–Crippen MR) is 69.4 cm³/mol. The monoisotopic (exact) mass is 262 g/mol. The number of likely N-dealkylation sites (tertiary alicyclic amines) is 1. The number of aromatic nitrogens is 1. The van der Waals surface area contributed by atoms with E-state index >= 15 is 0 Å². The van der Waals surface area contributed by atoms with Gasteiger partial charge in [-0.15, -0.1) is 0 Å². The third kappa shape index (κ3) is 2.10. The lowest BCUT2D eigenvalue weighted by molar-refractivity contribution is 0.0573. The summed E-state index contributed by atoms with van der Waals surface area (Å²) >= 11 is 0. The van der Waals surface area contributed by atoms with Crippen molar-refractivity contribution in [2.24, 2.45) is 0 Å². The van der Waals surface area contributed by atoms with E-state index in [0.29, 0.717) is 36.0 Å². The van der Waals surface area contributed by atoms with Crippen molar-refractivity contribution in [3.63, 3.8) is 0 Å². The number of carbonyl (C=O) groups is 1. The molecule has 2 N–H and O–H groups in total. The minimum Gasteiger partial charge on any atom is -0.388 e. The molecule has 1 saturated heterocycles. The van der Waals surface area contributed by atoms with E-state index in [0.717, 1.165) is 0 Å². The summed E-state index contributed by atoms with van der Waals surface area (Å²) in [5, 5.41) is 10.6. The van der Waals surface area contributed by atoms with E-state index in [9.17, 15) is 14.3 Å². The fraction of sp³-hybridized carbons (Fsp3) is 0.357. The van der Waals surface area contributed by atoms with Gasteiger partial charge in [0.25, 0.3) is 5.91 Å². The standard InChI is InChI=1S/C14H15FN2O2/c1-14(19)4-5-17(8-14)13(18)11-7-16-12-6-9(15)2-3-10(11)12/h2-3,6-7,16,19H,4-5,8H2,1H3. The first kappa shape index (κ1) is 12.2. The van der Waals surface area contributed by atoms with Crippen molar-refractivity contribution >= 4 is 16.8 Å². The molecule has 1 unspecified atom stereocenters. The molecule has 3 rings (SSSR count). The molecule has 1 aliphatic heterocycles. The zero-order valence-corrected chi connectivity index (χ0v) is 10.6. The summed E-state index contributed by atoms with van der Waals surface area (Å²) in [4.78, 5) is 16.9. The summed E-state index contributed by atoms with van der Waals surface area (Å²) in [6.45, 7) is 2.60. The third-order valence-electron chi connectivity index (χ3n) is 3.61. The minimum atomic E-state index is -0.812. The maximum Gasteiger partial charge on any atom is 0.256 e. The SMILES string of the molecule is CC1(O)CCN(C(=O)c2c[nH]c3cc(F)ccc23)C1. The van der Waals surface area contributed by atoms with Gasteiger partial charge in [0.05, 0.1) is 11.2 Å². The molecule has 19 heavy (non-hydrogen) atoms. The minimum absolute atomic E-state index is 0.129. The Morgan fingerprint density at radius 3 is 3.00 bits per heavy atom. The number of hydrogen-bond donors (Lipinski definition) is 2. The van der Waals surface area contributed by atoms with Gasteiger partial charge in [0.2, 0.25) is 0 Å². The van der Waals surface area contributed by atoms with Crippen molar-refractivity contribution in [3.05, 3.63) is 35.8 Å². The highest BCUT2D eigenvalue weighted by Crippen LogP contribution is 2.25. The van der Waals surface area contributed by atoms with Crippen LogP contribution in [-0.4, -0.2) is 39.6 Å². The molecule has 0 saturated carbocycles. The molecule has 0 aliphatic carbocycles. The topological polar surface area (TPSA) is 56.3 Å². The van der Waals surface area contributed by atoms with Gasteiger partial charge in [-0.3, -0.25) is 4.79 Å². The molecular weight excluding hydrogens is 247 g/mol. The molecule has 0 spiro atoms. The summed E-state index contributed by atoms with van der Waals surface area (Å²) in [5.41, 5.74) is 0.315. The van der Waals surface area contributed by atoms with Crippen molar-refractivity contribution in [3.8, 4) is 0 Å². The molecule has 5 heteroatoms. The molecule has 1 aliphatic rings. The van der Waals surface area contributed by atoms with Crippen molar-refractivity contribution < 1.29 is 14.3 Å². The van der Waals surface area contributed by atoms with E-state index in [1.165, 1.54) is 12.1 Å². The molecule has 2 heterocycles. The van der Waals surface area contributed by atoms with Gasteiger partial charge in [-0.05, 0) is 31.5 Å². The van der Waals surface area contributed by atoms with E-state index < -0.39 is 5.60 Å². The average Bonchev–Trinajstić information content (AvgIpc) is 2.91. The van der Waals surface area contributed by atoms with Gasteiger partial charge in [0.1, 0.15) is 5.82 Å². The number of carbonyl (C=O) groups excluding carboxylic acids is 1. The number of amides is 1. The second kappa shape index (κ2) is 4.06. The number of halogens is 1. The fourth-order valence-corrected chi connectivity index (χ4v) is 2.56. The van der Waals surface area contributed by atoms with Gasteiger partial charge in [-0.2, -0.15) is 0 Å². The Hall–Kier alpha value is -1.88. The lowest BCUT2D eigenvalue weighted by atomic mass is 10.1. The average molecular weight is 262 g/mol. The quantitative estimate of drug-likeness (QED) is 0.824. The van der Waals surface area contributed by atoms with E-state index in [-0.39, 0.29) is 11.7 Å². The van der Waals surface area contributed by atoms with Crippen LogP contribution in [0.25, 0.3) is 10.9 Å². The van der Waals surface area contributed by atoms with Crippen LogP contribution in [0.2, 0.25) is 0 Å². The number of nitrogens with one attached hydrogen (secondary N) is 1. The molecule has 100 valence electrons. The Labute approximate surface area is 109 Å². The lowest BCUT2D eigenvalue weighted by Gasteiger charge is -2.18. The first-order chi connectivity index (χ1) is 8.96. The Morgan fingerprint density at radius 2 is 2.32 bits per heavy atom. The van der Waals surface area contributed by atoms with Gasteiger partial charge < -0.3 is 15.0 Å². The summed E-state index contributed by atoms with van der Waals surface area (Å²) in [6, 6.07) is 4.31. The number of H-pyrrole nitrogens is 1. The van der Waals surface area contributed by atoms with E-state index in [4.69, 9.17) is 0 Å². The molecule has 1 atom stereocenters. The molecular formula is C14H15FN2O2. The molecule has 1 amide bonds. The number of rotatable bonds is 1. The van der Waals surface area contributed by atoms with Crippen LogP contribution < -0.4 is 0 Å². The van der Waals surface area contributed by atoms with Crippen molar-refractivity contribution in [1.82, 2.24) is 9.88 Å². The highest BCUT2D eigenvalue weighted by molar-refractivity contribution is 6.06. The normalized spacial score (nSPS) is 23.2. The van der Waals surface area contributed by atoms with Gasteiger partial charge in [0, 0.05) is 30.2 Å². The fourth-order valence-electron chi connectivity index (χ4n) is 2.56. The third-order valence-corrected chi connectivity index (χ3v) is 3.61. The summed E-state index contributed by atoms with van der Waals surface area (Å²) in [7, 11) is 0. The van der Waals surface area contributed by atoms with Gasteiger partial charge in [-0.1, -0.05) is 0 Å². The van der Waals surface area contributed by atoms with Crippen molar-refractivity contribution in [2.45, 2.75) is 18.9 Å². The molecule has 1 fully saturated rings. The Kier molecular flexibility index (Phi) is 2.60. The van der Waals surface area contributed by atoms with Crippen LogP contribution in [0.15, 0.2) is 24.4 Å². The highest BCUT2D eigenvalue weighted by atomic mass is 19.1. The van der Waals surface area contributed by atoms with Crippen LogP contribution >= 0.6 is 0 Å². The van der Waals surface area contributed by atoms with Crippen molar-refractivity contribution in [2.75, 3.05) is 13.1 Å². The van der Waals surface area contributed by atoms with Gasteiger partial charge in [-0.25, -0.2) is 4.39 Å². The number of hydrogen-bond acceptors (Lipinski definition) is 2. The first-order valence-electron chi connectivity index (χ1n) is 6.25. The molecule has 1 aromatic heterocycles. The highest BCUT2D eigenvalue weighted by Gasteiger charge is 2.34. The first-order valence-corrected chi connectivity index (χ1v) is 6.25. The number of aliphatic hydroxyl groups is 1. The number of benzene rings is 1. The van der Waals surface area contributed by atoms with E-state index in [1.807, 2.05) is 0 Å².